The van der Waals surface area contributed by atoms with E-state index in [1.807, 2.05) is 0 Å². The molecule has 0 fully saturated rings. The Labute approximate surface area is 204 Å². The molecule has 0 N–H and O–H groups in total. The molecular formula is C22H18O8S2Zn. The van der Waals surface area contributed by atoms with Gasteiger partial charge in [0.05, 0.1) is 0 Å². The minimum Gasteiger partial charge on any atom is -0.742 e. The van der Waals surface area contributed by atoms with Gasteiger partial charge in [-0.3, -0.25) is 9.59 Å². The van der Waals surface area contributed by atoms with Crippen molar-refractivity contribution in [3.8, 4) is 0 Å². The number of hydrogen-bond acceptors (Lipinski definition) is 8. The smallest absolute Gasteiger partial charge is 0.742 e. The number of benzene rings is 4. The van der Waals surface area contributed by atoms with Crippen LogP contribution < -0.4 is 0 Å². The second-order valence-corrected chi connectivity index (χ2v) is 8.23. The predicted molar refractivity (Wildman–Crippen MR) is 121 cm³/mol. The molecule has 0 saturated carbocycles. The van der Waals surface area contributed by atoms with Gasteiger partial charge in [-0.05, 0) is 21.5 Å². The van der Waals surface area contributed by atoms with Crippen molar-refractivity contribution in [3.05, 3.63) is 97.1 Å². The third kappa shape index (κ3) is 14.0. The Balaban J connectivity index is 0.000000425. The quantitative estimate of drug-likeness (QED) is 0.214. The zero-order valence-electron chi connectivity index (χ0n) is 17.2. The molecule has 0 amide bonds. The molecule has 0 heterocycles. The molecule has 4 rings (SSSR count). The van der Waals surface area contributed by atoms with Crippen molar-refractivity contribution < 1.29 is 55.0 Å². The molecule has 33 heavy (non-hydrogen) atoms. The molecule has 0 aliphatic heterocycles. The molecule has 168 valence electrons. The summed E-state index contributed by atoms with van der Waals surface area (Å²) in [4.78, 5) is 17.9. The van der Waals surface area contributed by atoms with Gasteiger partial charge in [0.25, 0.3) is 0 Å². The van der Waals surface area contributed by atoms with Gasteiger partial charge < -0.3 is 9.11 Å². The SMILES string of the molecule is O=CS(=O)(=O)[O-].O=CS(=O)(=O)[O-].[Zn+2].c1ccc2ccccc2c1.c1ccc2ccccc2c1. The van der Waals surface area contributed by atoms with E-state index in [2.05, 4.69) is 97.1 Å². The number of rotatable bonds is 2. The molecule has 11 heteroatoms. The molecular weight excluding hydrogens is 522 g/mol. The first-order valence-electron chi connectivity index (χ1n) is 8.75. The third-order valence-corrected chi connectivity index (χ3v) is 4.02. The summed E-state index contributed by atoms with van der Waals surface area (Å²) in [5.74, 6) is 0. The minimum absolute atomic E-state index is 0. The van der Waals surface area contributed by atoms with Gasteiger partial charge in [0, 0.05) is 0 Å². The maximum atomic E-state index is 9.08. The van der Waals surface area contributed by atoms with E-state index >= 15 is 0 Å². The van der Waals surface area contributed by atoms with Crippen LogP contribution in [-0.4, -0.2) is 37.2 Å². The molecule has 0 aliphatic carbocycles. The summed E-state index contributed by atoms with van der Waals surface area (Å²) in [5.41, 5.74) is -1.29. The molecule has 0 bridgehead atoms. The fourth-order valence-electron chi connectivity index (χ4n) is 2.27. The van der Waals surface area contributed by atoms with Crippen molar-refractivity contribution in [2.45, 2.75) is 0 Å². The van der Waals surface area contributed by atoms with E-state index in [9.17, 15) is 0 Å². The number of carbonyl (C=O) groups is 2. The maximum Gasteiger partial charge on any atom is 2.00 e. The standard InChI is InChI=1S/2C10H8.2CH2O4S.Zn/c2*1-2-6-10-8-4-3-7-9(10)5-1;2*2-1-6(3,4)5;/h2*1-8H;2*1H,(H,3,4,5);/q;;;;+2/p-2. The van der Waals surface area contributed by atoms with Crippen LogP contribution in [0, 0.1) is 0 Å². The van der Waals surface area contributed by atoms with E-state index in [0.717, 1.165) is 0 Å². The number of carbonyl (C=O) groups excluding carboxylic acids is 2. The van der Waals surface area contributed by atoms with Crippen molar-refractivity contribution in [3.63, 3.8) is 0 Å². The Morgan fingerprint density at radius 1 is 0.455 bits per heavy atom. The summed E-state index contributed by atoms with van der Waals surface area (Å²) < 4.78 is 54.5. The van der Waals surface area contributed by atoms with Crippen LogP contribution in [0.25, 0.3) is 21.5 Å². The van der Waals surface area contributed by atoms with E-state index in [1.54, 1.807) is 0 Å². The normalized spacial score (nSPS) is 10.0. The van der Waals surface area contributed by atoms with E-state index < -0.39 is 31.5 Å². The molecule has 4 aromatic carbocycles. The zero-order valence-corrected chi connectivity index (χ0v) is 21.8. The van der Waals surface area contributed by atoms with Gasteiger partial charge in [0.1, 0.15) is 0 Å². The number of hydrogen-bond donors (Lipinski definition) is 0. The van der Waals surface area contributed by atoms with Gasteiger partial charge in [0.2, 0.25) is 11.2 Å². The average Bonchev–Trinajstić information content (AvgIpc) is 2.79. The summed E-state index contributed by atoms with van der Waals surface area (Å²) in [6.45, 7) is 0. The van der Waals surface area contributed by atoms with E-state index in [0.29, 0.717) is 0 Å². The second-order valence-electron chi connectivity index (χ2n) is 5.87. The van der Waals surface area contributed by atoms with Gasteiger partial charge in [-0.25, -0.2) is 16.8 Å². The first kappa shape index (κ1) is 30.2. The summed E-state index contributed by atoms with van der Waals surface area (Å²) in [6.07, 6.45) is 0. The van der Waals surface area contributed by atoms with E-state index in [-0.39, 0.29) is 19.5 Å². The topological polar surface area (TPSA) is 149 Å². The van der Waals surface area contributed by atoms with Gasteiger partial charge in [-0.2, -0.15) is 0 Å². The van der Waals surface area contributed by atoms with Crippen molar-refractivity contribution >= 4 is 53.0 Å². The Kier molecular flexibility index (Phi) is 13.8. The van der Waals surface area contributed by atoms with Crippen LogP contribution in [0.5, 0.6) is 0 Å². The molecule has 0 saturated heterocycles. The van der Waals surface area contributed by atoms with Crippen molar-refractivity contribution in [1.82, 2.24) is 0 Å². The van der Waals surface area contributed by atoms with Crippen LogP contribution in [-0.2, 0) is 49.3 Å². The van der Waals surface area contributed by atoms with E-state index in [4.69, 9.17) is 35.5 Å². The van der Waals surface area contributed by atoms with Crippen LogP contribution in [0.1, 0.15) is 0 Å². The fourth-order valence-corrected chi connectivity index (χ4v) is 2.27. The molecule has 4 aromatic rings. The molecule has 0 unspecified atom stereocenters. The minimum atomic E-state index is -4.59. The average molecular weight is 540 g/mol. The summed E-state index contributed by atoms with van der Waals surface area (Å²) in [7, 11) is -9.19. The monoisotopic (exact) mass is 538 g/mol. The third-order valence-electron chi connectivity index (χ3n) is 3.55. The molecule has 0 radical (unpaired) electrons. The van der Waals surface area contributed by atoms with E-state index in [1.165, 1.54) is 21.5 Å². The Morgan fingerprint density at radius 3 is 0.667 bits per heavy atom. The van der Waals surface area contributed by atoms with Gasteiger partial charge in [-0.15, -0.1) is 0 Å². The van der Waals surface area contributed by atoms with Crippen LogP contribution in [0.3, 0.4) is 0 Å². The van der Waals surface area contributed by atoms with Gasteiger partial charge >= 0.3 is 19.5 Å². The van der Waals surface area contributed by atoms with Crippen LogP contribution in [0.15, 0.2) is 97.1 Å². The van der Waals surface area contributed by atoms with Gasteiger partial charge in [0.15, 0.2) is 20.2 Å². The molecule has 0 aliphatic rings. The Morgan fingerprint density at radius 2 is 0.576 bits per heavy atom. The maximum absolute atomic E-state index is 9.08. The van der Waals surface area contributed by atoms with Crippen LogP contribution in [0.2, 0.25) is 0 Å². The van der Waals surface area contributed by atoms with Crippen LogP contribution in [0.4, 0.5) is 0 Å². The number of fused-ring (bicyclic) bond motifs is 2. The Bertz CT molecular complexity index is 1110. The first-order chi connectivity index (χ1) is 15.1. The summed E-state index contributed by atoms with van der Waals surface area (Å²) in [6, 6.07) is 33.4. The Hall–Kier alpha value is -2.82. The molecule has 0 spiro atoms. The largest absolute Gasteiger partial charge is 2.00 e. The second kappa shape index (κ2) is 15.1. The molecule has 0 aromatic heterocycles. The van der Waals surface area contributed by atoms with Crippen molar-refractivity contribution in [2.75, 3.05) is 0 Å². The van der Waals surface area contributed by atoms with Crippen molar-refractivity contribution in [1.29, 1.82) is 0 Å². The van der Waals surface area contributed by atoms with Gasteiger partial charge in [-0.1, -0.05) is 97.1 Å². The van der Waals surface area contributed by atoms with Crippen LogP contribution >= 0.6 is 0 Å². The fraction of sp³-hybridized carbons (Fsp3) is 0. The zero-order chi connectivity index (χ0) is 24.0. The first-order valence-corrected chi connectivity index (χ1v) is 11.7. The predicted octanol–water partition coefficient (Wildman–Crippen LogP) is 3.12. The van der Waals surface area contributed by atoms with Crippen molar-refractivity contribution in [2.24, 2.45) is 0 Å². The molecule has 0 atom stereocenters. The summed E-state index contributed by atoms with van der Waals surface area (Å²) >= 11 is 0. The summed E-state index contributed by atoms with van der Waals surface area (Å²) in [5, 5.41) is 5.24. The molecule has 8 nitrogen and oxygen atoms in total.